The van der Waals surface area contributed by atoms with E-state index in [1.165, 1.54) is 10.9 Å². The minimum Gasteiger partial charge on any atom is -0.492 e. The number of hydrogen-bond donors (Lipinski definition) is 0. The monoisotopic (exact) mass is 318 g/mol. The number of rotatable bonds is 4. The van der Waals surface area contributed by atoms with E-state index in [2.05, 4.69) is 4.99 Å². The Bertz CT molecular complexity index is 731. The van der Waals surface area contributed by atoms with Crippen LogP contribution in [0.4, 0.5) is 5.69 Å². The van der Waals surface area contributed by atoms with E-state index in [1.54, 1.807) is 22.9 Å². The molecule has 0 aliphatic carbocycles. The first-order valence-electron chi connectivity index (χ1n) is 6.56. The van der Waals surface area contributed by atoms with Crippen molar-refractivity contribution in [3.8, 4) is 5.75 Å². The van der Waals surface area contributed by atoms with Gasteiger partial charge >= 0.3 is 0 Å². The number of aliphatic imine (C=N–C) groups is 1. The second-order valence-corrected chi connectivity index (χ2v) is 6.56. The first kappa shape index (κ1) is 14.2. The average Bonchev–Trinajstić information content (AvgIpc) is 3.00. The highest BCUT2D eigenvalue weighted by molar-refractivity contribution is 8.29. The fourth-order valence-corrected chi connectivity index (χ4v) is 4.10. The Kier molecular flexibility index (Phi) is 3.98. The number of benzene rings is 1. The predicted molar refractivity (Wildman–Crippen MR) is 91.6 cm³/mol. The maximum Gasteiger partial charge on any atom is 0.275 e. The van der Waals surface area contributed by atoms with Crippen LogP contribution in [-0.4, -0.2) is 32.8 Å². The van der Waals surface area contributed by atoms with Gasteiger partial charge in [0.05, 0.1) is 12.8 Å². The van der Waals surface area contributed by atoms with Gasteiger partial charge in [0.2, 0.25) is 0 Å². The molecule has 0 saturated heterocycles. The number of nitrogens with zero attached hydrogens (tertiary/aromatic N) is 2. The molecule has 0 radical (unpaired) electrons. The summed E-state index contributed by atoms with van der Waals surface area (Å²) in [5, 5.41) is 1.98. The Morgan fingerprint density at radius 1 is 1.38 bits per heavy atom. The lowest BCUT2D eigenvalue weighted by molar-refractivity contribution is -0.118. The number of hydrogen-bond acceptors (Lipinski definition) is 4. The summed E-state index contributed by atoms with van der Waals surface area (Å²) in [5.41, 5.74) is 1.70. The second-order valence-electron chi connectivity index (χ2n) is 4.41. The van der Waals surface area contributed by atoms with Crippen molar-refractivity contribution in [3.63, 3.8) is 0 Å². The lowest BCUT2D eigenvalue weighted by atomic mass is 10.3. The fourth-order valence-electron chi connectivity index (χ4n) is 2.00. The molecule has 2 heterocycles. The van der Waals surface area contributed by atoms with E-state index < -0.39 is 0 Å². The molecule has 21 heavy (non-hydrogen) atoms. The maximum atomic E-state index is 12.3. The standard InChI is InChI=1S/C15H14N2O2S2/c1-3-19-12-7-5-4-6-11(12)16-8-13-14(18)17-10(2)9-20-15(17)21-13/h4-9H,3H2,1-2H3. The van der Waals surface area contributed by atoms with Crippen LogP contribution in [0.2, 0.25) is 0 Å². The zero-order chi connectivity index (χ0) is 14.8. The Hall–Kier alpha value is -1.79. The first-order chi connectivity index (χ1) is 10.2. The minimum absolute atomic E-state index is 0.00797. The quantitative estimate of drug-likeness (QED) is 0.632. The summed E-state index contributed by atoms with van der Waals surface area (Å²) in [5.74, 6) is 0.720. The second kappa shape index (κ2) is 5.91. The topological polar surface area (TPSA) is 41.9 Å². The van der Waals surface area contributed by atoms with Gasteiger partial charge in [-0.2, -0.15) is 0 Å². The van der Waals surface area contributed by atoms with Crippen LogP contribution in [0.15, 0.2) is 40.4 Å². The fraction of sp³-hybridized carbons (Fsp3) is 0.200. The molecule has 0 saturated carbocycles. The smallest absolute Gasteiger partial charge is 0.275 e. The number of ether oxygens (including phenoxy) is 1. The number of amides is 1. The molecule has 0 fully saturated rings. The largest absolute Gasteiger partial charge is 0.492 e. The van der Waals surface area contributed by atoms with Crippen LogP contribution < -0.4 is 4.74 Å². The number of para-hydroxylation sites is 2. The van der Waals surface area contributed by atoms with E-state index >= 15 is 0 Å². The molecule has 1 aromatic rings. The van der Waals surface area contributed by atoms with Gasteiger partial charge in [0.1, 0.15) is 20.6 Å². The van der Waals surface area contributed by atoms with Gasteiger partial charge in [-0.1, -0.05) is 23.9 Å². The predicted octanol–water partition coefficient (Wildman–Crippen LogP) is 3.23. The molecule has 1 aromatic carbocycles. The van der Waals surface area contributed by atoms with E-state index in [4.69, 9.17) is 4.74 Å². The first-order valence-corrected chi connectivity index (χ1v) is 8.26. The van der Waals surface area contributed by atoms with Gasteiger partial charge in [0, 0.05) is 5.70 Å². The number of fused-ring (bicyclic) bond motifs is 1. The summed E-state index contributed by atoms with van der Waals surface area (Å²) in [7, 11) is 1.46. The van der Waals surface area contributed by atoms with Crippen molar-refractivity contribution >= 4 is 49.7 Å². The maximum absolute atomic E-state index is 12.3. The van der Waals surface area contributed by atoms with Crippen LogP contribution in [0.25, 0.3) is 0 Å². The van der Waals surface area contributed by atoms with Crippen LogP contribution in [0.1, 0.15) is 13.8 Å². The van der Waals surface area contributed by atoms with Gasteiger partial charge in [-0.25, -0.2) is 0 Å². The molecule has 0 unspecified atom stereocenters. The molecular formula is C15H14N2O2S2. The molecule has 108 valence electrons. The molecule has 4 nitrogen and oxygen atoms in total. The lowest BCUT2D eigenvalue weighted by Crippen LogP contribution is -2.31. The van der Waals surface area contributed by atoms with Crippen LogP contribution in [0, 0.1) is 0 Å². The SMILES string of the molecule is CCOc1ccccc1N=CC1=S=C2SC=C(C)N2C1=O. The molecule has 1 amide bonds. The van der Waals surface area contributed by atoms with Gasteiger partial charge in [0.15, 0.2) is 0 Å². The zero-order valence-electron chi connectivity index (χ0n) is 11.7. The summed E-state index contributed by atoms with van der Waals surface area (Å²) in [6.07, 6.45) is 1.63. The summed E-state index contributed by atoms with van der Waals surface area (Å²) >= 11 is 1.58. The molecule has 6 heteroatoms. The third-order valence-electron chi connectivity index (χ3n) is 2.96. The third-order valence-corrected chi connectivity index (χ3v) is 5.20. The van der Waals surface area contributed by atoms with Crippen LogP contribution in [-0.2, 0) is 4.79 Å². The lowest BCUT2D eigenvalue weighted by Gasteiger charge is -2.12. The van der Waals surface area contributed by atoms with Crippen LogP contribution in [0.5, 0.6) is 5.75 Å². The number of carbonyl (C=O) groups is 1. The van der Waals surface area contributed by atoms with Gasteiger partial charge in [-0.3, -0.25) is 14.7 Å². The Morgan fingerprint density at radius 3 is 2.95 bits per heavy atom. The highest BCUT2D eigenvalue weighted by atomic mass is 32.2. The van der Waals surface area contributed by atoms with E-state index in [9.17, 15) is 4.79 Å². The van der Waals surface area contributed by atoms with Gasteiger partial charge in [-0.15, -0.1) is 10.9 Å². The van der Waals surface area contributed by atoms with Crippen molar-refractivity contribution in [1.29, 1.82) is 0 Å². The van der Waals surface area contributed by atoms with Gasteiger partial charge in [0.25, 0.3) is 5.91 Å². The highest BCUT2D eigenvalue weighted by Crippen LogP contribution is 2.31. The third kappa shape index (κ3) is 2.69. The molecule has 0 atom stereocenters. The molecule has 0 spiro atoms. The van der Waals surface area contributed by atoms with Crippen LogP contribution >= 0.6 is 22.7 Å². The summed E-state index contributed by atoms with van der Waals surface area (Å²) in [6.45, 7) is 4.45. The van der Waals surface area contributed by atoms with Crippen molar-refractivity contribution in [1.82, 2.24) is 4.90 Å². The average molecular weight is 318 g/mol. The van der Waals surface area contributed by atoms with Crippen LogP contribution in [0.3, 0.4) is 0 Å². The molecule has 3 rings (SSSR count). The van der Waals surface area contributed by atoms with Gasteiger partial charge < -0.3 is 4.74 Å². The van der Waals surface area contributed by atoms with E-state index in [1.807, 2.05) is 43.5 Å². The number of carbonyl (C=O) groups excluding carboxylic acids is 1. The van der Waals surface area contributed by atoms with E-state index in [0.29, 0.717) is 11.5 Å². The van der Waals surface area contributed by atoms with Crippen molar-refractivity contribution in [2.75, 3.05) is 6.61 Å². The number of allylic oxidation sites excluding steroid dienone is 1. The van der Waals surface area contributed by atoms with Crippen molar-refractivity contribution in [2.24, 2.45) is 4.99 Å². The normalized spacial score (nSPS) is 17.3. The Balaban J connectivity index is 1.86. The Labute approximate surface area is 131 Å². The molecule has 0 aromatic heterocycles. The molecule has 0 N–H and O–H groups in total. The summed E-state index contributed by atoms with van der Waals surface area (Å²) < 4.78 is 6.51. The molecule has 0 bridgehead atoms. The Morgan fingerprint density at radius 2 is 2.19 bits per heavy atom. The number of thioether (sulfide) groups is 1. The van der Waals surface area contributed by atoms with E-state index in [-0.39, 0.29) is 5.91 Å². The summed E-state index contributed by atoms with van der Waals surface area (Å²) in [6, 6.07) is 7.56. The zero-order valence-corrected chi connectivity index (χ0v) is 13.3. The molecule has 2 aliphatic heterocycles. The van der Waals surface area contributed by atoms with Crippen molar-refractivity contribution in [2.45, 2.75) is 13.8 Å². The van der Waals surface area contributed by atoms with Gasteiger partial charge in [-0.05, 0) is 31.4 Å². The van der Waals surface area contributed by atoms with Crippen molar-refractivity contribution in [3.05, 3.63) is 35.4 Å². The highest BCUT2D eigenvalue weighted by Gasteiger charge is 2.31. The molecule has 2 aliphatic rings. The van der Waals surface area contributed by atoms with E-state index in [0.717, 1.165) is 21.5 Å². The van der Waals surface area contributed by atoms with Crippen molar-refractivity contribution < 1.29 is 9.53 Å². The minimum atomic E-state index is -0.00797. The summed E-state index contributed by atoms with van der Waals surface area (Å²) in [4.78, 5) is 19.1. The molecular weight excluding hydrogens is 304 g/mol.